The van der Waals surface area contributed by atoms with E-state index in [1.165, 1.54) is 36.6 Å². The Morgan fingerprint density at radius 1 is 1.00 bits per heavy atom. The van der Waals surface area contributed by atoms with Crippen molar-refractivity contribution in [1.29, 1.82) is 0 Å². The summed E-state index contributed by atoms with van der Waals surface area (Å²) in [6.45, 7) is 4.74. The smallest absolute Gasteiger partial charge is 0.0704 e. The van der Waals surface area contributed by atoms with E-state index in [-0.39, 0.29) is 0 Å². The van der Waals surface area contributed by atoms with Crippen LogP contribution in [0.3, 0.4) is 0 Å². The molecule has 1 aliphatic rings. The van der Waals surface area contributed by atoms with E-state index in [1.54, 1.807) is 0 Å². The largest absolute Gasteiger partial charge is 0.256 e. The zero-order valence-corrected chi connectivity index (χ0v) is 12.0. The summed E-state index contributed by atoms with van der Waals surface area (Å²) in [7, 11) is 0. The molecule has 1 saturated carbocycles. The van der Waals surface area contributed by atoms with Crippen LogP contribution in [0.4, 0.5) is 0 Å². The van der Waals surface area contributed by atoms with Crippen molar-refractivity contribution in [1.82, 2.24) is 4.98 Å². The SMILES string of the molecule is CC(C)C1CCC(c2ccnc3ccccc23)CC1. The Bertz CT molecular complexity index is 545. The minimum absolute atomic E-state index is 0.739. The lowest BCUT2D eigenvalue weighted by atomic mass is 9.74. The maximum atomic E-state index is 4.48. The van der Waals surface area contributed by atoms with Crippen molar-refractivity contribution in [2.24, 2.45) is 11.8 Å². The molecule has 0 bridgehead atoms. The minimum Gasteiger partial charge on any atom is -0.256 e. The lowest BCUT2D eigenvalue weighted by Crippen LogP contribution is -2.17. The minimum atomic E-state index is 0.739. The quantitative estimate of drug-likeness (QED) is 0.720. The molecule has 3 rings (SSSR count). The fourth-order valence-electron chi connectivity index (χ4n) is 3.57. The first-order valence-corrected chi connectivity index (χ1v) is 7.59. The van der Waals surface area contributed by atoms with E-state index < -0.39 is 0 Å². The highest BCUT2D eigenvalue weighted by molar-refractivity contribution is 5.82. The molecule has 0 saturated heterocycles. The molecule has 0 amide bonds. The molecule has 1 aliphatic carbocycles. The van der Waals surface area contributed by atoms with Gasteiger partial charge >= 0.3 is 0 Å². The molecule has 0 unspecified atom stereocenters. The van der Waals surface area contributed by atoms with Crippen molar-refractivity contribution >= 4 is 10.9 Å². The summed E-state index contributed by atoms with van der Waals surface area (Å²) in [6, 6.07) is 10.8. The van der Waals surface area contributed by atoms with Crippen molar-refractivity contribution in [3.63, 3.8) is 0 Å². The average molecular weight is 253 g/mol. The van der Waals surface area contributed by atoms with Gasteiger partial charge in [0.15, 0.2) is 0 Å². The summed E-state index contributed by atoms with van der Waals surface area (Å²) < 4.78 is 0. The van der Waals surface area contributed by atoms with Crippen LogP contribution in [0.1, 0.15) is 51.0 Å². The molecule has 0 atom stereocenters. The maximum Gasteiger partial charge on any atom is 0.0704 e. The second kappa shape index (κ2) is 5.32. The van der Waals surface area contributed by atoms with E-state index in [0.29, 0.717) is 0 Å². The molecule has 1 aromatic carbocycles. The Kier molecular flexibility index (Phi) is 3.54. The Morgan fingerprint density at radius 3 is 2.47 bits per heavy atom. The topological polar surface area (TPSA) is 12.9 Å². The van der Waals surface area contributed by atoms with Crippen molar-refractivity contribution in [3.05, 3.63) is 42.1 Å². The van der Waals surface area contributed by atoms with Gasteiger partial charge in [-0.05, 0) is 61.1 Å². The summed E-state index contributed by atoms with van der Waals surface area (Å²) in [5.74, 6) is 2.52. The second-order valence-corrected chi connectivity index (χ2v) is 6.27. The first-order valence-electron chi connectivity index (χ1n) is 7.59. The fourth-order valence-corrected chi connectivity index (χ4v) is 3.57. The first kappa shape index (κ1) is 12.7. The van der Waals surface area contributed by atoms with Gasteiger partial charge in [-0.25, -0.2) is 0 Å². The Labute approximate surface area is 116 Å². The highest BCUT2D eigenvalue weighted by atomic mass is 14.6. The van der Waals surface area contributed by atoms with Gasteiger partial charge < -0.3 is 0 Å². The summed E-state index contributed by atoms with van der Waals surface area (Å²) in [4.78, 5) is 4.48. The van der Waals surface area contributed by atoms with Crippen LogP contribution < -0.4 is 0 Å². The number of para-hydroxylation sites is 1. The van der Waals surface area contributed by atoms with Crippen LogP contribution in [0, 0.1) is 11.8 Å². The number of hydrogen-bond donors (Lipinski definition) is 0. The van der Waals surface area contributed by atoms with Gasteiger partial charge in [0.2, 0.25) is 0 Å². The zero-order valence-electron chi connectivity index (χ0n) is 12.0. The molecular formula is C18H23N. The van der Waals surface area contributed by atoms with Crippen LogP contribution in [0.5, 0.6) is 0 Å². The number of nitrogens with zero attached hydrogens (tertiary/aromatic N) is 1. The molecule has 1 heterocycles. The van der Waals surface area contributed by atoms with Crippen LogP contribution in [0.25, 0.3) is 10.9 Å². The van der Waals surface area contributed by atoms with E-state index in [4.69, 9.17) is 0 Å². The van der Waals surface area contributed by atoms with Crippen molar-refractivity contribution < 1.29 is 0 Å². The third kappa shape index (κ3) is 2.51. The van der Waals surface area contributed by atoms with Gasteiger partial charge in [-0.15, -0.1) is 0 Å². The number of hydrogen-bond acceptors (Lipinski definition) is 1. The standard InChI is InChI=1S/C18H23N/c1-13(2)14-7-9-15(10-8-14)16-11-12-19-18-6-4-3-5-17(16)18/h3-6,11-15H,7-10H2,1-2H3. The number of pyridine rings is 1. The van der Waals surface area contributed by atoms with E-state index in [2.05, 4.69) is 49.2 Å². The lowest BCUT2D eigenvalue weighted by molar-refractivity contribution is 0.259. The highest BCUT2D eigenvalue weighted by Gasteiger charge is 2.25. The van der Waals surface area contributed by atoms with Crippen LogP contribution >= 0.6 is 0 Å². The number of aromatic nitrogens is 1. The van der Waals surface area contributed by atoms with E-state index in [9.17, 15) is 0 Å². The highest BCUT2D eigenvalue weighted by Crippen LogP contribution is 2.40. The van der Waals surface area contributed by atoms with Gasteiger partial charge in [-0.1, -0.05) is 32.0 Å². The van der Waals surface area contributed by atoms with E-state index in [1.807, 2.05) is 6.20 Å². The van der Waals surface area contributed by atoms with Crippen LogP contribution in [0.2, 0.25) is 0 Å². The van der Waals surface area contributed by atoms with Gasteiger partial charge in [-0.2, -0.15) is 0 Å². The summed E-state index contributed by atoms with van der Waals surface area (Å²) in [5.41, 5.74) is 2.67. The molecular weight excluding hydrogens is 230 g/mol. The van der Waals surface area contributed by atoms with Crippen molar-refractivity contribution in [2.75, 3.05) is 0 Å². The third-order valence-corrected chi connectivity index (χ3v) is 4.84. The predicted molar refractivity (Wildman–Crippen MR) is 81.3 cm³/mol. The van der Waals surface area contributed by atoms with Crippen LogP contribution in [-0.2, 0) is 0 Å². The second-order valence-electron chi connectivity index (χ2n) is 6.27. The van der Waals surface area contributed by atoms with E-state index >= 15 is 0 Å². The van der Waals surface area contributed by atoms with Gasteiger partial charge in [0.05, 0.1) is 5.52 Å². The summed E-state index contributed by atoms with van der Waals surface area (Å²) in [5, 5.41) is 1.36. The molecule has 0 spiro atoms. The van der Waals surface area contributed by atoms with Gasteiger partial charge in [0.1, 0.15) is 0 Å². The molecule has 0 N–H and O–H groups in total. The van der Waals surface area contributed by atoms with Crippen LogP contribution in [0.15, 0.2) is 36.5 Å². The number of fused-ring (bicyclic) bond motifs is 1. The molecule has 0 radical (unpaired) electrons. The lowest BCUT2D eigenvalue weighted by Gasteiger charge is -2.31. The van der Waals surface area contributed by atoms with Crippen LogP contribution in [-0.4, -0.2) is 4.98 Å². The third-order valence-electron chi connectivity index (χ3n) is 4.84. The molecule has 1 aromatic heterocycles. The molecule has 0 aliphatic heterocycles. The monoisotopic (exact) mass is 253 g/mol. The summed E-state index contributed by atoms with van der Waals surface area (Å²) in [6.07, 6.45) is 7.44. The van der Waals surface area contributed by atoms with Crippen molar-refractivity contribution in [3.8, 4) is 0 Å². The molecule has 1 nitrogen and oxygen atoms in total. The molecule has 1 fully saturated rings. The zero-order chi connectivity index (χ0) is 13.2. The molecule has 2 aromatic rings. The summed E-state index contributed by atoms with van der Waals surface area (Å²) >= 11 is 0. The first-order chi connectivity index (χ1) is 9.25. The van der Waals surface area contributed by atoms with Gasteiger partial charge in [-0.3, -0.25) is 4.98 Å². The van der Waals surface area contributed by atoms with Gasteiger partial charge in [0, 0.05) is 11.6 Å². The maximum absolute atomic E-state index is 4.48. The number of rotatable bonds is 2. The number of benzene rings is 1. The van der Waals surface area contributed by atoms with Crippen molar-refractivity contribution in [2.45, 2.75) is 45.4 Å². The van der Waals surface area contributed by atoms with E-state index in [0.717, 1.165) is 23.3 Å². The molecule has 19 heavy (non-hydrogen) atoms. The predicted octanol–water partition coefficient (Wildman–Crippen LogP) is 5.16. The Balaban J connectivity index is 1.86. The average Bonchev–Trinajstić information content (AvgIpc) is 2.47. The van der Waals surface area contributed by atoms with Gasteiger partial charge in [0.25, 0.3) is 0 Å². The Hall–Kier alpha value is -1.37. The fraction of sp³-hybridized carbons (Fsp3) is 0.500. The molecule has 100 valence electrons. The molecule has 1 heteroatoms. The Morgan fingerprint density at radius 2 is 1.74 bits per heavy atom. The normalized spacial score (nSPS) is 23.9.